The van der Waals surface area contributed by atoms with Crippen molar-refractivity contribution in [2.24, 2.45) is 5.73 Å². The Balaban J connectivity index is 1.79. The van der Waals surface area contributed by atoms with E-state index in [0.717, 1.165) is 25.4 Å². The molecular formula is C13H20N4O2. The largest absolute Gasteiger partial charge is 0.367 e. The lowest BCUT2D eigenvalue weighted by Crippen LogP contribution is -2.43. The van der Waals surface area contributed by atoms with Crippen LogP contribution >= 0.6 is 0 Å². The Morgan fingerprint density at radius 1 is 1.58 bits per heavy atom. The molecule has 2 atom stereocenters. The molecule has 19 heavy (non-hydrogen) atoms. The molecule has 0 radical (unpaired) electrons. The van der Waals surface area contributed by atoms with E-state index >= 15 is 0 Å². The molecule has 6 heteroatoms. The lowest BCUT2D eigenvalue weighted by atomic mass is 10.1. The van der Waals surface area contributed by atoms with Crippen molar-refractivity contribution in [3.05, 3.63) is 27.9 Å². The first-order valence-corrected chi connectivity index (χ1v) is 6.92. The van der Waals surface area contributed by atoms with E-state index in [1.165, 1.54) is 18.9 Å². The van der Waals surface area contributed by atoms with Gasteiger partial charge in [0.05, 0.1) is 6.61 Å². The molecule has 3 N–H and O–H groups in total. The van der Waals surface area contributed by atoms with E-state index in [1.807, 2.05) is 0 Å². The van der Waals surface area contributed by atoms with Crippen molar-refractivity contribution >= 4 is 0 Å². The van der Waals surface area contributed by atoms with E-state index in [2.05, 4.69) is 14.9 Å². The van der Waals surface area contributed by atoms with Gasteiger partial charge in [0, 0.05) is 30.8 Å². The molecule has 0 saturated carbocycles. The summed E-state index contributed by atoms with van der Waals surface area (Å²) in [5, 5.41) is 0. The highest BCUT2D eigenvalue weighted by molar-refractivity contribution is 5.06. The Hall–Kier alpha value is -1.24. The molecule has 2 saturated heterocycles. The second-order valence-corrected chi connectivity index (χ2v) is 5.27. The standard InChI is InChI=1S/C13H20N4O2/c14-4-3-9-6-12(18)16-13(15-9)11-7-17-5-1-2-10(17)8-19-11/h6,10-11H,1-5,7-8,14H2,(H,15,16,18). The van der Waals surface area contributed by atoms with Crippen LogP contribution in [0.15, 0.2) is 10.9 Å². The third kappa shape index (κ3) is 2.70. The number of nitrogens with zero attached hydrogens (tertiary/aromatic N) is 2. The predicted molar refractivity (Wildman–Crippen MR) is 70.9 cm³/mol. The molecule has 1 aromatic heterocycles. The van der Waals surface area contributed by atoms with Gasteiger partial charge in [-0.15, -0.1) is 0 Å². The minimum Gasteiger partial charge on any atom is -0.367 e. The number of aromatic amines is 1. The van der Waals surface area contributed by atoms with E-state index < -0.39 is 0 Å². The maximum atomic E-state index is 11.7. The van der Waals surface area contributed by atoms with Crippen molar-refractivity contribution in [1.29, 1.82) is 0 Å². The van der Waals surface area contributed by atoms with Crippen molar-refractivity contribution in [2.75, 3.05) is 26.2 Å². The van der Waals surface area contributed by atoms with Crippen LogP contribution in [0.1, 0.15) is 30.5 Å². The van der Waals surface area contributed by atoms with Gasteiger partial charge >= 0.3 is 0 Å². The predicted octanol–water partition coefficient (Wildman–Crippen LogP) is -0.193. The summed E-state index contributed by atoms with van der Waals surface area (Å²) in [5.41, 5.74) is 6.14. The second-order valence-electron chi connectivity index (χ2n) is 5.27. The Bertz CT molecular complexity index is 502. The van der Waals surface area contributed by atoms with E-state index in [4.69, 9.17) is 10.5 Å². The number of hydrogen-bond acceptors (Lipinski definition) is 5. The fraction of sp³-hybridized carbons (Fsp3) is 0.692. The van der Waals surface area contributed by atoms with Gasteiger partial charge < -0.3 is 15.5 Å². The molecule has 2 fully saturated rings. The van der Waals surface area contributed by atoms with Crippen LogP contribution in [0, 0.1) is 0 Å². The van der Waals surface area contributed by atoms with Gasteiger partial charge in [0.1, 0.15) is 11.9 Å². The molecule has 2 aliphatic rings. The zero-order valence-electron chi connectivity index (χ0n) is 11.0. The maximum absolute atomic E-state index is 11.7. The smallest absolute Gasteiger partial charge is 0.251 e. The van der Waals surface area contributed by atoms with E-state index in [-0.39, 0.29) is 11.7 Å². The molecule has 6 nitrogen and oxygen atoms in total. The van der Waals surface area contributed by atoms with Crippen LogP contribution in [0.25, 0.3) is 0 Å². The van der Waals surface area contributed by atoms with Crippen molar-refractivity contribution in [3.63, 3.8) is 0 Å². The first-order chi connectivity index (χ1) is 9.26. The minimum absolute atomic E-state index is 0.124. The summed E-state index contributed by atoms with van der Waals surface area (Å²) in [6.45, 7) is 3.17. The van der Waals surface area contributed by atoms with Crippen LogP contribution in [-0.4, -0.2) is 47.2 Å². The van der Waals surface area contributed by atoms with Crippen molar-refractivity contribution in [1.82, 2.24) is 14.9 Å². The Kier molecular flexibility index (Phi) is 3.63. The quantitative estimate of drug-likeness (QED) is 0.790. The van der Waals surface area contributed by atoms with Crippen molar-refractivity contribution < 1.29 is 4.74 Å². The van der Waals surface area contributed by atoms with Gasteiger partial charge in [0.25, 0.3) is 5.56 Å². The molecule has 104 valence electrons. The molecular weight excluding hydrogens is 244 g/mol. The molecule has 3 rings (SSSR count). The summed E-state index contributed by atoms with van der Waals surface area (Å²) in [6, 6.07) is 2.06. The third-order valence-corrected chi connectivity index (χ3v) is 3.91. The topological polar surface area (TPSA) is 84.2 Å². The van der Waals surface area contributed by atoms with Crippen LogP contribution in [-0.2, 0) is 11.2 Å². The molecule has 2 unspecified atom stereocenters. The number of hydrogen-bond donors (Lipinski definition) is 2. The Labute approximate surface area is 112 Å². The highest BCUT2D eigenvalue weighted by atomic mass is 16.5. The number of aromatic nitrogens is 2. The molecule has 0 aromatic carbocycles. The number of morpholine rings is 1. The highest BCUT2D eigenvalue weighted by Gasteiger charge is 2.33. The molecule has 0 bridgehead atoms. The second kappa shape index (κ2) is 5.40. The average Bonchev–Trinajstić information content (AvgIpc) is 2.85. The summed E-state index contributed by atoms with van der Waals surface area (Å²) in [7, 11) is 0. The summed E-state index contributed by atoms with van der Waals surface area (Å²) in [4.78, 5) is 21.4. The lowest BCUT2D eigenvalue weighted by Gasteiger charge is -2.34. The summed E-state index contributed by atoms with van der Waals surface area (Å²) in [6.07, 6.45) is 2.94. The van der Waals surface area contributed by atoms with Crippen LogP contribution in [0.2, 0.25) is 0 Å². The summed E-state index contributed by atoms with van der Waals surface area (Å²) >= 11 is 0. The molecule has 0 spiro atoms. The number of fused-ring (bicyclic) bond motifs is 1. The number of nitrogens with two attached hydrogens (primary N) is 1. The Morgan fingerprint density at radius 3 is 3.32 bits per heavy atom. The molecule has 0 amide bonds. The van der Waals surface area contributed by atoms with Crippen molar-refractivity contribution in [2.45, 2.75) is 31.4 Å². The number of nitrogens with one attached hydrogen (secondary N) is 1. The van der Waals surface area contributed by atoms with Gasteiger partial charge in [-0.05, 0) is 25.9 Å². The van der Waals surface area contributed by atoms with Gasteiger partial charge in [-0.3, -0.25) is 9.69 Å². The molecule has 2 aliphatic heterocycles. The zero-order chi connectivity index (χ0) is 13.2. The lowest BCUT2D eigenvalue weighted by molar-refractivity contribution is -0.0543. The van der Waals surface area contributed by atoms with Gasteiger partial charge in [-0.25, -0.2) is 4.98 Å². The normalized spacial score (nSPS) is 27.4. The van der Waals surface area contributed by atoms with Crippen molar-refractivity contribution in [3.8, 4) is 0 Å². The molecule has 3 heterocycles. The van der Waals surface area contributed by atoms with Gasteiger partial charge in [-0.2, -0.15) is 0 Å². The summed E-state index contributed by atoms with van der Waals surface area (Å²) in [5.74, 6) is 0.640. The van der Waals surface area contributed by atoms with Crippen LogP contribution in [0.3, 0.4) is 0 Å². The van der Waals surface area contributed by atoms with Gasteiger partial charge in [-0.1, -0.05) is 0 Å². The van der Waals surface area contributed by atoms with Crippen LogP contribution < -0.4 is 11.3 Å². The van der Waals surface area contributed by atoms with Crippen LogP contribution in [0.4, 0.5) is 0 Å². The molecule has 1 aromatic rings. The first kappa shape index (κ1) is 12.8. The van der Waals surface area contributed by atoms with Gasteiger partial charge in [0.15, 0.2) is 0 Å². The minimum atomic E-state index is -0.125. The monoisotopic (exact) mass is 264 g/mol. The molecule has 0 aliphatic carbocycles. The average molecular weight is 264 g/mol. The maximum Gasteiger partial charge on any atom is 0.251 e. The van der Waals surface area contributed by atoms with Gasteiger partial charge in [0.2, 0.25) is 0 Å². The van der Waals surface area contributed by atoms with E-state index in [1.54, 1.807) is 0 Å². The van der Waals surface area contributed by atoms with E-state index in [0.29, 0.717) is 24.8 Å². The Morgan fingerprint density at radius 2 is 2.47 bits per heavy atom. The fourth-order valence-electron chi connectivity index (χ4n) is 2.94. The number of H-pyrrole nitrogens is 1. The highest BCUT2D eigenvalue weighted by Crippen LogP contribution is 2.28. The van der Waals surface area contributed by atoms with E-state index in [9.17, 15) is 4.79 Å². The third-order valence-electron chi connectivity index (χ3n) is 3.91. The fourth-order valence-corrected chi connectivity index (χ4v) is 2.94. The zero-order valence-corrected chi connectivity index (χ0v) is 11.0. The number of ether oxygens (including phenoxy) is 1. The summed E-state index contributed by atoms with van der Waals surface area (Å²) < 4.78 is 5.86. The SMILES string of the molecule is NCCc1cc(=O)[nH]c(C2CN3CCCC3CO2)n1. The number of rotatable bonds is 3. The first-order valence-electron chi connectivity index (χ1n) is 6.92. The van der Waals surface area contributed by atoms with Crippen LogP contribution in [0.5, 0.6) is 0 Å².